The molecule has 0 spiro atoms. The molecule has 0 bridgehead atoms. The monoisotopic (exact) mass is 371 g/mol. The Morgan fingerprint density at radius 1 is 0.962 bits per heavy atom. The Balaban J connectivity index is 1.84. The third-order valence-electron chi connectivity index (χ3n) is 3.30. The highest BCUT2D eigenvalue weighted by atomic mass is 32.1. The molecule has 2 rings (SSSR count). The van der Waals surface area contributed by atoms with Gasteiger partial charge in [-0.3, -0.25) is 25.8 Å². The molecule has 0 aromatic heterocycles. The molecule has 2 amide bonds. The average molecular weight is 371 g/mol. The number of ether oxygens (including phenoxy) is 1. The van der Waals surface area contributed by atoms with Gasteiger partial charge in [0.2, 0.25) is 5.91 Å². The van der Waals surface area contributed by atoms with Crippen molar-refractivity contribution < 1.29 is 19.1 Å². The van der Waals surface area contributed by atoms with Crippen molar-refractivity contribution in [1.82, 2.24) is 16.2 Å². The highest BCUT2D eigenvalue weighted by molar-refractivity contribution is 7.80. The highest BCUT2D eigenvalue weighted by Crippen LogP contribution is 2.06. The van der Waals surface area contributed by atoms with Crippen LogP contribution in [0.5, 0.6) is 0 Å². The molecule has 7 nitrogen and oxygen atoms in total. The maximum absolute atomic E-state index is 12.2. The zero-order chi connectivity index (χ0) is 18.9. The first-order valence-electron chi connectivity index (χ1n) is 7.62. The summed E-state index contributed by atoms with van der Waals surface area (Å²) in [5.41, 5.74) is 6.19. The summed E-state index contributed by atoms with van der Waals surface area (Å²) in [5, 5.41) is 2.34. The van der Waals surface area contributed by atoms with Crippen LogP contribution in [0.25, 0.3) is 0 Å². The van der Waals surface area contributed by atoms with Crippen LogP contribution >= 0.6 is 12.2 Å². The molecule has 0 heterocycles. The number of hydrogen-bond donors (Lipinski definition) is 3. The maximum Gasteiger partial charge on any atom is 0.337 e. The van der Waals surface area contributed by atoms with Crippen LogP contribution in [0.15, 0.2) is 54.6 Å². The number of benzene rings is 2. The van der Waals surface area contributed by atoms with Crippen molar-refractivity contribution in [2.75, 3.05) is 7.11 Å². The average Bonchev–Trinajstić information content (AvgIpc) is 2.66. The Kier molecular flexibility index (Phi) is 6.81. The first-order valence-corrected chi connectivity index (χ1v) is 8.03. The normalized spacial score (nSPS) is 9.73. The summed E-state index contributed by atoms with van der Waals surface area (Å²) in [4.78, 5) is 35.5. The van der Waals surface area contributed by atoms with Crippen molar-refractivity contribution in [2.45, 2.75) is 6.42 Å². The van der Waals surface area contributed by atoms with Gasteiger partial charge in [-0.1, -0.05) is 36.4 Å². The standard InChI is InChI=1S/C18H17N3O4S/c1-25-17(24)14-9-5-8-13(11-14)16(23)19-18(26)21-20-15(22)10-12-6-3-2-4-7-12/h2-9,11H,10H2,1H3,(H,20,22)(H2,19,21,23,26). The number of hydrogen-bond acceptors (Lipinski definition) is 5. The van der Waals surface area contributed by atoms with Gasteiger partial charge >= 0.3 is 5.97 Å². The van der Waals surface area contributed by atoms with Crippen LogP contribution in [-0.4, -0.2) is 30.0 Å². The van der Waals surface area contributed by atoms with E-state index in [9.17, 15) is 14.4 Å². The summed E-state index contributed by atoms with van der Waals surface area (Å²) < 4.78 is 4.61. The van der Waals surface area contributed by atoms with Crippen LogP contribution in [0.1, 0.15) is 26.3 Å². The van der Waals surface area contributed by atoms with Crippen LogP contribution in [0.2, 0.25) is 0 Å². The quantitative estimate of drug-likeness (QED) is 0.427. The number of carbonyl (C=O) groups is 3. The Labute approximate surface area is 155 Å². The van der Waals surface area contributed by atoms with Crippen molar-refractivity contribution in [3.05, 3.63) is 71.3 Å². The Bertz CT molecular complexity index is 824. The summed E-state index contributed by atoms with van der Waals surface area (Å²) >= 11 is 4.97. The summed E-state index contributed by atoms with van der Waals surface area (Å²) in [6.07, 6.45) is 0.172. The number of thiocarbonyl (C=S) groups is 1. The van der Waals surface area contributed by atoms with Crippen molar-refractivity contribution in [1.29, 1.82) is 0 Å². The third kappa shape index (κ3) is 5.67. The second-order valence-corrected chi connectivity index (χ2v) is 5.60. The van der Waals surface area contributed by atoms with E-state index in [1.54, 1.807) is 6.07 Å². The minimum absolute atomic E-state index is 0.0696. The zero-order valence-corrected chi connectivity index (χ0v) is 14.8. The molecule has 0 fully saturated rings. The summed E-state index contributed by atoms with van der Waals surface area (Å²) in [5.74, 6) is -1.38. The summed E-state index contributed by atoms with van der Waals surface area (Å²) in [6.45, 7) is 0. The topological polar surface area (TPSA) is 96.5 Å². The molecule has 0 aliphatic heterocycles. The molecular formula is C18H17N3O4S. The van der Waals surface area contributed by atoms with E-state index in [0.717, 1.165) is 5.56 Å². The van der Waals surface area contributed by atoms with Gasteiger partial charge in [-0.05, 0) is 36.0 Å². The molecule has 26 heavy (non-hydrogen) atoms. The fraction of sp³-hybridized carbons (Fsp3) is 0.111. The van der Waals surface area contributed by atoms with E-state index >= 15 is 0 Å². The van der Waals surface area contributed by atoms with Gasteiger partial charge in [-0.15, -0.1) is 0 Å². The van der Waals surface area contributed by atoms with Gasteiger partial charge in [-0.25, -0.2) is 4.79 Å². The van der Waals surface area contributed by atoms with Crippen LogP contribution in [-0.2, 0) is 16.0 Å². The van der Waals surface area contributed by atoms with Gasteiger partial charge in [0.05, 0.1) is 19.1 Å². The fourth-order valence-corrected chi connectivity index (χ4v) is 2.21. The largest absolute Gasteiger partial charge is 0.465 e. The first kappa shape index (κ1) is 19.1. The van der Waals surface area contributed by atoms with E-state index < -0.39 is 11.9 Å². The lowest BCUT2D eigenvalue weighted by Gasteiger charge is -2.11. The van der Waals surface area contributed by atoms with Crippen molar-refractivity contribution in [2.24, 2.45) is 0 Å². The molecule has 0 aliphatic carbocycles. The lowest BCUT2D eigenvalue weighted by Crippen LogP contribution is -2.48. The Hall–Kier alpha value is -3.26. The van der Waals surface area contributed by atoms with E-state index in [-0.39, 0.29) is 28.6 Å². The predicted molar refractivity (Wildman–Crippen MR) is 99.3 cm³/mol. The van der Waals surface area contributed by atoms with Gasteiger partial charge in [0.1, 0.15) is 0 Å². The molecule has 0 radical (unpaired) electrons. The van der Waals surface area contributed by atoms with Crippen LogP contribution in [0, 0.1) is 0 Å². The Morgan fingerprint density at radius 3 is 2.35 bits per heavy atom. The summed E-state index contributed by atoms with van der Waals surface area (Å²) in [7, 11) is 1.26. The van der Waals surface area contributed by atoms with Gasteiger partial charge in [0.25, 0.3) is 5.91 Å². The van der Waals surface area contributed by atoms with E-state index in [1.165, 1.54) is 25.3 Å². The molecule has 0 unspecified atom stereocenters. The molecular weight excluding hydrogens is 354 g/mol. The Morgan fingerprint density at radius 2 is 1.65 bits per heavy atom. The number of nitrogens with one attached hydrogen (secondary N) is 3. The molecule has 8 heteroatoms. The summed E-state index contributed by atoms with van der Waals surface area (Å²) in [6, 6.07) is 15.2. The minimum atomic E-state index is -0.548. The molecule has 3 N–H and O–H groups in total. The smallest absolute Gasteiger partial charge is 0.337 e. The van der Waals surface area contributed by atoms with Crippen molar-refractivity contribution in [3.8, 4) is 0 Å². The van der Waals surface area contributed by atoms with Gasteiger partial charge in [0, 0.05) is 5.56 Å². The van der Waals surface area contributed by atoms with Gasteiger partial charge in [-0.2, -0.15) is 0 Å². The number of esters is 1. The molecule has 0 atom stereocenters. The predicted octanol–water partition coefficient (Wildman–Crippen LogP) is 1.35. The number of hydrazine groups is 1. The van der Waals surface area contributed by atoms with Crippen molar-refractivity contribution >= 4 is 35.1 Å². The van der Waals surface area contributed by atoms with E-state index in [0.29, 0.717) is 0 Å². The second-order valence-electron chi connectivity index (χ2n) is 5.19. The highest BCUT2D eigenvalue weighted by Gasteiger charge is 2.12. The SMILES string of the molecule is COC(=O)c1cccc(C(=O)NC(=S)NNC(=O)Cc2ccccc2)c1. The lowest BCUT2D eigenvalue weighted by atomic mass is 10.1. The number of rotatable bonds is 4. The third-order valence-corrected chi connectivity index (χ3v) is 3.50. The number of carbonyl (C=O) groups excluding carboxylic acids is 3. The maximum atomic E-state index is 12.2. The molecule has 2 aromatic carbocycles. The number of amides is 2. The second kappa shape index (κ2) is 9.28. The lowest BCUT2D eigenvalue weighted by molar-refractivity contribution is -0.121. The van der Waals surface area contributed by atoms with Gasteiger partial charge in [0.15, 0.2) is 5.11 Å². The molecule has 0 saturated carbocycles. The van der Waals surface area contributed by atoms with Crippen LogP contribution < -0.4 is 16.2 Å². The first-order chi connectivity index (χ1) is 12.5. The number of methoxy groups -OCH3 is 1. The zero-order valence-electron chi connectivity index (χ0n) is 13.9. The van der Waals surface area contributed by atoms with Crippen LogP contribution in [0.3, 0.4) is 0 Å². The molecule has 0 saturated heterocycles. The van der Waals surface area contributed by atoms with Crippen molar-refractivity contribution in [3.63, 3.8) is 0 Å². The fourth-order valence-electron chi connectivity index (χ4n) is 2.06. The van der Waals surface area contributed by atoms with E-state index in [2.05, 4.69) is 20.9 Å². The van der Waals surface area contributed by atoms with Crippen LogP contribution in [0.4, 0.5) is 0 Å². The molecule has 2 aromatic rings. The van der Waals surface area contributed by atoms with E-state index in [1.807, 2.05) is 30.3 Å². The van der Waals surface area contributed by atoms with E-state index in [4.69, 9.17) is 12.2 Å². The van der Waals surface area contributed by atoms with Gasteiger partial charge < -0.3 is 4.74 Å². The minimum Gasteiger partial charge on any atom is -0.465 e. The molecule has 134 valence electrons. The molecule has 0 aliphatic rings.